The third-order valence-corrected chi connectivity index (χ3v) is 3.21. The molecule has 2 rings (SSSR count). The van der Waals surface area contributed by atoms with Crippen LogP contribution in [-0.4, -0.2) is 68.2 Å². The number of isothiocyanates is 1. The summed E-state index contributed by atoms with van der Waals surface area (Å²) in [5.41, 5.74) is 0.826. The molecule has 0 aliphatic rings. The van der Waals surface area contributed by atoms with Crippen LogP contribution in [0, 0.1) is 4.77 Å². The highest BCUT2D eigenvalue weighted by Crippen LogP contribution is 2.13. The van der Waals surface area contributed by atoms with Crippen molar-refractivity contribution >= 4 is 52.8 Å². The van der Waals surface area contributed by atoms with Gasteiger partial charge in [-0.2, -0.15) is 13.2 Å². The minimum Gasteiger partial charge on any atom is -0.475 e. The van der Waals surface area contributed by atoms with Crippen molar-refractivity contribution in [3.05, 3.63) is 21.5 Å². The number of hydrogen-bond donors (Lipinski definition) is 4. The van der Waals surface area contributed by atoms with Crippen molar-refractivity contribution in [3.63, 3.8) is 0 Å². The summed E-state index contributed by atoms with van der Waals surface area (Å²) in [6.07, 6.45) is -4.27. The van der Waals surface area contributed by atoms with Crippen molar-refractivity contribution in [2.75, 3.05) is 20.2 Å². The Morgan fingerprint density at radius 3 is 2.53 bits per heavy atom. The maximum atomic E-state index is 11.5. The van der Waals surface area contributed by atoms with Gasteiger partial charge in [0, 0.05) is 13.1 Å². The van der Waals surface area contributed by atoms with E-state index in [4.69, 9.17) is 22.1 Å². The number of hydrogen-bond acceptors (Lipinski definition) is 8. The van der Waals surface area contributed by atoms with Gasteiger partial charge in [-0.05, 0) is 38.4 Å². The minimum atomic E-state index is -5.08. The summed E-state index contributed by atoms with van der Waals surface area (Å²) < 4.78 is 38.3. The quantitative estimate of drug-likeness (QED) is 0.387. The van der Waals surface area contributed by atoms with Crippen molar-refractivity contribution in [2.45, 2.75) is 19.6 Å². The number of imidazole rings is 1. The number of aliphatic imine (C=N–C) groups is 1. The van der Waals surface area contributed by atoms with Crippen molar-refractivity contribution in [2.24, 2.45) is 4.99 Å². The van der Waals surface area contributed by atoms with Crippen molar-refractivity contribution in [1.29, 1.82) is 0 Å². The Morgan fingerprint density at radius 1 is 1.47 bits per heavy atom. The number of halogens is 3. The Kier molecular flexibility index (Phi) is 12.0. The second-order valence-corrected chi connectivity index (χ2v) is 5.39. The Morgan fingerprint density at radius 2 is 2.07 bits per heavy atom. The second-order valence-electron chi connectivity index (χ2n) is 4.82. The molecule has 0 spiro atoms. The van der Waals surface area contributed by atoms with Gasteiger partial charge in [0.1, 0.15) is 5.52 Å². The van der Waals surface area contributed by atoms with Crippen LogP contribution in [0.2, 0.25) is 0 Å². The molecule has 16 heteroatoms. The van der Waals surface area contributed by atoms with E-state index < -0.39 is 18.2 Å². The number of carbonyl (C=O) groups is 2. The number of amides is 1. The summed E-state index contributed by atoms with van der Waals surface area (Å²) in [4.78, 5) is 43.0. The summed E-state index contributed by atoms with van der Waals surface area (Å²) in [6.45, 7) is 3.45. The first-order valence-electron chi connectivity index (χ1n) is 7.85. The molecule has 30 heavy (non-hydrogen) atoms. The number of aromatic nitrogens is 4. The van der Waals surface area contributed by atoms with Crippen LogP contribution in [0.25, 0.3) is 11.2 Å². The fourth-order valence-electron chi connectivity index (χ4n) is 1.61. The van der Waals surface area contributed by atoms with Crippen LogP contribution in [0.3, 0.4) is 0 Å². The van der Waals surface area contributed by atoms with E-state index in [1.165, 1.54) is 6.33 Å². The molecule has 0 aliphatic carbocycles. The summed E-state index contributed by atoms with van der Waals surface area (Å²) in [5, 5.41) is 12.0. The van der Waals surface area contributed by atoms with Gasteiger partial charge < -0.3 is 20.1 Å². The molecule has 1 amide bonds. The number of alkyl halides is 3. The maximum Gasteiger partial charge on any atom is 0.490 e. The molecule has 0 aromatic carbocycles. The number of carboxylic acids is 1. The molecule has 0 radical (unpaired) electrons. The second kappa shape index (κ2) is 13.3. The molecule has 2 heterocycles. The summed E-state index contributed by atoms with van der Waals surface area (Å²) in [7, 11) is 1.86. The lowest BCUT2D eigenvalue weighted by molar-refractivity contribution is -0.192. The van der Waals surface area contributed by atoms with Gasteiger partial charge in [-0.1, -0.05) is 0 Å². The van der Waals surface area contributed by atoms with Crippen LogP contribution in [0.5, 0.6) is 0 Å². The first-order valence-corrected chi connectivity index (χ1v) is 8.66. The van der Waals surface area contributed by atoms with Gasteiger partial charge in [-0.3, -0.25) is 14.3 Å². The predicted octanol–water partition coefficient (Wildman–Crippen LogP) is 1.88. The Hall–Kier alpha value is -2.94. The third kappa shape index (κ3) is 9.51. The predicted molar refractivity (Wildman–Crippen MR) is 105 cm³/mol. The summed E-state index contributed by atoms with van der Waals surface area (Å²) in [6, 6.07) is 0. The molecule has 0 unspecified atom stereocenters. The molecule has 2 aromatic rings. The molecule has 0 aliphatic heterocycles. The number of ether oxygens (including phenoxy) is 1. The standard InChI is InChI=1S/C8H11N5OS.C4H5NO2S.C2HF3O2/c1-9-2-3-13-6-5(10-4-11-6)7(14)12-8(13)15;1-2-7-4(6)5-3-8;3-2(4,5)1(6)7/h4,9H,2-3H2,1H3,(H,10,11)(H,12,14,15);2H2,1H3;(H,6,7). The lowest BCUT2D eigenvalue weighted by atomic mass is 10.5. The molecule has 4 N–H and O–H groups in total. The summed E-state index contributed by atoms with van der Waals surface area (Å²) >= 11 is 9.20. The Balaban J connectivity index is 0.000000477. The summed E-state index contributed by atoms with van der Waals surface area (Å²) in [5.74, 6) is -2.76. The number of nitrogens with zero attached hydrogens (tertiary/aromatic N) is 3. The van der Waals surface area contributed by atoms with E-state index in [1.807, 2.05) is 12.2 Å². The number of rotatable bonds is 4. The third-order valence-electron chi connectivity index (χ3n) is 2.80. The highest BCUT2D eigenvalue weighted by molar-refractivity contribution is 7.78. The number of nitrogens with one attached hydrogen (secondary N) is 3. The topological polar surface area (TPSA) is 154 Å². The van der Waals surface area contributed by atoms with Gasteiger partial charge in [0.25, 0.3) is 5.56 Å². The van der Waals surface area contributed by atoms with E-state index in [0.29, 0.717) is 29.1 Å². The number of aliphatic carboxylic acids is 1. The lowest BCUT2D eigenvalue weighted by Gasteiger charge is -2.06. The van der Waals surface area contributed by atoms with Gasteiger partial charge in [-0.25, -0.2) is 14.6 Å². The smallest absolute Gasteiger partial charge is 0.475 e. The van der Waals surface area contributed by atoms with Gasteiger partial charge in [0.15, 0.2) is 10.4 Å². The SMILES string of the molecule is CCOC(=O)N=C=S.CNCCn1c(=S)[nH]c(=O)c2[nH]cnc21.O=C(O)C(F)(F)F. The zero-order chi connectivity index (χ0) is 23.3. The van der Waals surface area contributed by atoms with Crippen LogP contribution in [0.15, 0.2) is 16.1 Å². The van der Waals surface area contributed by atoms with E-state index in [-0.39, 0.29) is 5.56 Å². The van der Waals surface area contributed by atoms with Crippen LogP contribution >= 0.6 is 24.4 Å². The molecule has 0 atom stereocenters. The van der Waals surface area contributed by atoms with E-state index in [2.05, 4.69) is 42.2 Å². The molecular weight excluding hydrogens is 453 g/mol. The molecular formula is C14H17F3N6O5S2. The molecule has 0 bridgehead atoms. The highest BCUT2D eigenvalue weighted by atomic mass is 32.1. The first-order chi connectivity index (χ1) is 14.0. The number of thiocarbonyl (C=S) groups is 1. The number of carboxylic acid groups (broad SMARTS) is 1. The van der Waals surface area contributed by atoms with Gasteiger partial charge in [0.05, 0.1) is 18.1 Å². The van der Waals surface area contributed by atoms with Gasteiger partial charge >= 0.3 is 18.2 Å². The first kappa shape index (κ1) is 27.1. The molecule has 0 saturated heterocycles. The number of aromatic amines is 2. The molecule has 166 valence electrons. The molecule has 11 nitrogen and oxygen atoms in total. The lowest BCUT2D eigenvalue weighted by Crippen LogP contribution is -2.21. The van der Waals surface area contributed by atoms with Crippen LogP contribution < -0.4 is 10.9 Å². The van der Waals surface area contributed by atoms with E-state index in [1.54, 1.807) is 11.5 Å². The average Bonchev–Trinajstić information content (AvgIpc) is 3.12. The molecule has 2 aromatic heterocycles. The fourth-order valence-corrected chi connectivity index (χ4v) is 1.95. The number of carbonyl (C=O) groups excluding carboxylic acids is 1. The fraction of sp³-hybridized carbons (Fsp3) is 0.429. The normalized spacial score (nSPS) is 10.0. The highest BCUT2D eigenvalue weighted by Gasteiger charge is 2.38. The number of H-pyrrole nitrogens is 2. The minimum absolute atomic E-state index is 0.229. The van der Waals surface area contributed by atoms with Gasteiger partial charge in [0.2, 0.25) is 0 Å². The van der Waals surface area contributed by atoms with Gasteiger partial charge in [-0.15, -0.1) is 4.99 Å². The zero-order valence-corrected chi connectivity index (χ0v) is 17.2. The maximum absolute atomic E-state index is 11.5. The average molecular weight is 470 g/mol. The van der Waals surface area contributed by atoms with Crippen LogP contribution in [0.4, 0.5) is 18.0 Å². The van der Waals surface area contributed by atoms with Crippen molar-refractivity contribution < 1.29 is 32.6 Å². The van der Waals surface area contributed by atoms with E-state index >= 15 is 0 Å². The number of fused-ring (bicyclic) bond motifs is 1. The van der Waals surface area contributed by atoms with Crippen molar-refractivity contribution in [1.82, 2.24) is 24.8 Å². The monoisotopic (exact) mass is 470 g/mol. The Labute approximate surface area is 177 Å². The van der Waals surface area contributed by atoms with Crippen LogP contribution in [-0.2, 0) is 16.1 Å². The molecule has 0 fully saturated rings. The van der Waals surface area contributed by atoms with E-state index in [0.717, 1.165) is 6.54 Å². The van der Waals surface area contributed by atoms with E-state index in [9.17, 15) is 22.8 Å². The van der Waals surface area contributed by atoms with Crippen molar-refractivity contribution in [3.8, 4) is 0 Å². The number of likely N-dealkylation sites (N-methyl/N-ethyl adjacent to an activating group) is 1. The van der Waals surface area contributed by atoms with Crippen LogP contribution in [0.1, 0.15) is 6.92 Å². The largest absolute Gasteiger partial charge is 0.490 e. The Bertz CT molecular complexity index is 1010. The molecule has 0 saturated carbocycles. The zero-order valence-electron chi connectivity index (χ0n) is 15.6.